The molecule has 3 nitrogen and oxygen atoms in total. The third kappa shape index (κ3) is 5.08. The zero-order valence-corrected chi connectivity index (χ0v) is 14.1. The number of hydrogen-bond acceptors (Lipinski definition) is 3. The fourth-order valence-electron chi connectivity index (χ4n) is 1.65. The molecule has 0 fully saturated rings. The summed E-state index contributed by atoms with van der Waals surface area (Å²) in [6.07, 6.45) is -0.647. The predicted molar refractivity (Wildman–Crippen MR) is 90.6 cm³/mol. The summed E-state index contributed by atoms with van der Waals surface area (Å²) >= 11 is 15.2. The number of aliphatic hydroxyl groups is 1. The van der Waals surface area contributed by atoms with Crippen LogP contribution in [0.3, 0.4) is 0 Å². The van der Waals surface area contributed by atoms with Gasteiger partial charge in [-0.05, 0) is 52.3 Å². The van der Waals surface area contributed by atoms with Crippen molar-refractivity contribution in [2.45, 2.75) is 6.10 Å². The maximum atomic E-state index is 9.92. The molecule has 2 N–H and O–H groups in total. The van der Waals surface area contributed by atoms with E-state index in [0.29, 0.717) is 22.3 Å². The topological polar surface area (TPSA) is 41.5 Å². The SMILES string of the molecule is OC(CNc1cccc(Cl)c1Br)COc1ccc(Cl)cc1. The minimum absolute atomic E-state index is 0.187. The van der Waals surface area contributed by atoms with Crippen LogP contribution in [0, 0.1) is 0 Å². The van der Waals surface area contributed by atoms with Crippen molar-refractivity contribution in [1.29, 1.82) is 0 Å². The first-order valence-corrected chi connectivity index (χ1v) is 7.85. The summed E-state index contributed by atoms with van der Waals surface area (Å²) in [5.74, 6) is 0.669. The molecule has 1 atom stereocenters. The summed E-state index contributed by atoms with van der Waals surface area (Å²) < 4.78 is 6.25. The summed E-state index contributed by atoms with van der Waals surface area (Å²) in [7, 11) is 0. The van der Waals surface area contributed by atoms with Crippen LogP contribution in [-0.2, 0) is 0 Å². The second-order valence-corrected chi connectivity index (χ2v) is 6.04. The van der Waals surface area contributed by atoms with Crippen LogP contribution in [0.4, 0.5) is 5.69 Å². The molecule has 0 aliphatic heterocycles. The third-order valence-electron chi connectivity index (χ3n) is 2.74. The highest BCUT2D eigenvalue weighted by Crippen LogP contribution is 2.29. The number of halogens is 3. The van der Waals surface area contributed by atoms with Crippen LogP contribution in [-0.4, -0.2) is 24.4 Å². The molecule has 0 saturated carbocycles. The summed E-state index contributed by atoms with van der Waals surface area (Å²) in [5, 5.41) is 14.3. The summed E-state index contributed by atoms with van der Waals surface area (Å²) in [6, 6.07) is 12.5. The van der Waals surface area contributed by atoms with Gasteiger partial charge >= 0.3 is 0 Å². The van der Waals surface area contributed by atoms with Gasteiger partial charge < -0.3 is 15.2 Å². The lowest BCUT2D eigenvalue weighted by molar-refractivity contribution is 0.117. The standard InChI is InChI=1S/C15H14BrCl2NO2/c16-15-13(18)2-1-3-14(15)19-8-11(20)9-21-12-6-4-10(17)5-7-12/h1-7,11,19-20H,8-9H2. The smallest absolute Gasteiger partial charge is 0.119 e. The molecule has 0 aliphatic carbocycles. The minimum Gasteiger partial charge on any atom is -0.491 e. The first kappa shape index (κ1) is 16.4. The van der Waals surface area contributed by atoms with Gasteiger partial charge in [0, 0.05) is 11.6 Å². The van der Waals surface area contributed by atoms with Gasteiger partial charge in [-0.1, -0.05) is 29.3 Å². The van der Waals surface area contributed by atoms with Crippen molar-refractivity contribution >= 4 is 44.8 Å². The number of aliphatic hydroxyl groups excluding tert-OH is 1. The van der Waals surface area contributed by atoms with Crippen molar-refractivity contribution in [3.8, 4) is 5.75 Å². The van der Waals surface area contributed by atoms with Crippen LogP contribution in [0.5, 0.6) is 5.75 Å². The molecule has 2 aromatic rings. The highest BCUT2D eigenvalue weighted by atomic mass is 79.9. The van der Waals surface area contributed by atoms with E-state index < -0.39 is 6.10 Å². The van der Waals surface area contributed by atoms with E-state index in [1.54, 1.807) is 30.3 Å². The Labute approximate surface area is 142 Å². The van der Waals surface area contributed by atoms with E-state index in [9.17, 15) is 5.11 Å². The van der Waals surface area contributed by atoms with Gasteiger partial charge in [-0.2, -0.15) is 0 Å². The van der Waals surface area contributed by atoms with Crippen molar-refractivity contribution < 1.29 is 9.84 Å². The van der Waals surface area contributed by atoms with Gasteiger partial charge in [0.1, 0.15) is 18.5 Å². The molecular weight excluding hydrogens is 377 g/mol. The number of rotatable bonds is 6. The molecule has 0 bridgehead atoms. The Hall–Kier alpha value is -0.940. The van der Waals surface area contributed by atoms with Gasteiger partial charge in [0.2, 0.25) is 0 Å². The van der Waals surface area contributed by atoms with Crippen molar-refractivity contribution in [2.24, 2.45) is 0 Å². The molecule has 6 heteroatoms. The Morgan fingerprint density at radius 3 is 2.57 bits per heavy atom. The predicted octanol–water partition coefficient (Wildman–Crippen LogP) is 4.61. The fraction of sp³-hybridized carbons (Fsp3) is 0.200. The number of ether oxygens (including phenoxy) is 1. The molecular formula is C15H14BrCl2NO2. The lowest BCUT2D eigenvalue weighted by atomic mass is 10.3. The Bertz CT molecular complexity index is 593. The zero-order valence-electron chi connectivity index (χ0n) is 11.0. The van der Waals surface area contributed by atoms with Crippen LogP contribution >= 0.6 is 39.1 Å². The van der Waals surface area contributed by atoms with Gasteiger partial charge in [-0.25, -0.2) is 0 Å². The van der Waals surface area contributed by atoms with Crippen LogP contribution in [0.2, 0.25) is 10.0 Å². The lowest BCUT2D eigenvalue weighted by Crippen LogP contribution is -2.26. The van der Waals surface area contributed by atoms with Gasteiger partial charge in [0.25, 0.3) is 0 Å². The lowest BCUT2D eigenvalue weighted by Gasteiger charge is -2.15. The van der Waals surface area contributed by atoms with Crippen LogP contribution in [0.15, 0.2) is 46.9 Å². The minimum atomic E-state index is -0.647. The molecule has 0 radical (unpaired) electrons. The molecule has 112 valence electrons. The molecule has 0 aliphatic rings. The van der Waals surface area contributed by atoms with E-state index in [-0.39, 0.29) is 6.61 Å². The second kappa shape index (κ2) is 7.90. The van der Waals surface area contributed by atoms with Gasteiger partial charge in [0.15, 0.2) is 0 Å². The molecule has 21 heavy (non-hydrogen) atoms. The van der Waals surface area contributed by atoms with E-state index in [1.807, 2.05) is 12.1 Å². The van der Waals surface area contributed by atoms with Gasteiger partial charge in [-0.15, -0.1) is 0 Å². The van der Waals surface area contributed by atoms with Crippen LogP contribution in [0.1, 0.15) is 0 Å². The molecule has 0 aromatic heterocycles. The Morgan fingerprint density at radius 1 is 1.14 bits per heavy atom. The molecule has 0 spiro atoms. The first-order valence-electron chi connectivity index (χ1n) is 6.30. The van der Waals surface area contributed by atoms with E-state index in [0.717, 1.165) is 10.2 Å². The summed E-state index contributed by atoms with van der Waals surface area (Å²) in [4.78, 5) is 0. The summed E-state index contributed by atoms with van der Waals surface area (Å²) in [5.41, 5.74) is 0.827. The number of anilines is 1. The van der Waals surface area contributed by atoms with Crippen molar-refractivity contribution in [3.05, 3.63) is 57.0 Å². The van der Waals surface area contributed by atoms with Crippen LogP contribution < -0.4 is 10.1 Å². The maximum Gasteiger partial charge on any atom is 0.119 e. The zero-order chi connectivity index (χ0) is 15.2. The third-order valence-corrected chi connectivity index (χ3v) is 4.39. The van der Waals surface area contributed by atoms with E-state index >= 15 is 0 Å². The molecule has 2 aromatic carbocycles. The van der Waals surface area contributed by atoms with E-state index in [2.05, 4.69) is 21.2 Å². The molecule has 0 heterocycles. The van der Waals surface area contributed by atoms with Crippen molar-refractivity contribution in [1.82, 2.24) is 0 Å². The maximum absolute atomic E-state index is 9.92. The number of benzene rings is 2. The highest BCUT2D eigenvalue weighted by Gasteiger charge is 2.08. The van der Waals surface area contributed by atoms with Crippen molar-refractivity contribution in [2.75, 3.05) is 18.5 Å². The van der Waals surface area contributed by atoms with E-state index in [1.165, 1.54) is 0 Å². The molecule has 0 amide bonds. The monoisotopic (exact) mass is 389 g/mol. The second-order valence-electron chi connectivity index (χ2n) is 4.40. The van der Waals surface area contributed by atoms with Crippen LogP contribution in [0.25, 0.3) is 0 Å². The molecule has 0 saturated heterocycles. The number of hydrogen-bond donors (Lipinski definition) is 2. The van der Waals surface area contributed by atoms with E-state index in [4.69, 9.17) is 27.9 Å². The number of nitrogens with one attached hydrogen (secondary N) is 1. The molecule has 2 rings (SSSR count). The Morgan fingerprint density at radius 2 is 1.86 bits per heavy atom. The highest BCUT2D eigenvalue weighted by molar-refractivity contribution is 9.10. The summed E-state index contributed by atoms with van der Waals surface area (Å²) in [6.45, 7) is 0.541. The largest absolute Gasteiger partial charge is 0.491 e. The average Bonchev–Trinajstić information content (AvgIpc) is 2.48. The van der Waals surface area contributed by atoms with Crippen molar-refractivity contribution in [3.63, 3.8) is 0 Å². The normalized spacial score (nSPS) is 12.0. The quantitative estimate of drug-likeness (QED) is 0.756. The van der Waals surface area contributed by atoms with Gasteiger partial charge in [0.05, 0.1) is 15.2 Å². The Kier molecular flexibility index (Phi) is 6.18. The van der Waals surface area contributed by atoms with Gasteiger partial charge in [-0.3, -0.25) is 0 Å². The first-order chi connectivity index (χ1) is 10.1. The fourth-order valence-corrected chi connectivity index (χ4v) is 2.36. The molecule has 1 unspecified atom stereocenters. The Balaban J connectivity index is 1.80. The average molecular weight is 391 g/mol.